The molecule has 0 heterocycles. The number of hydrogen-bond acceptors (Lipinski definition) is 2. The average Bonchev–Trinajstić information content (AvgIpc) is 2.04. The number of benzene rings is 1. The molecule has 1 rings (SSSR count). The monoisotopic (exact) mass is 169 g/mol. The van der Waals surface area contributed by atoms with Gasteiger partial charge in [0, 0.05) is 5.02 Å². The summed E-state index contributed by atoms with van der Waals surface area (Å²) in [4.78, 5) is 0. The summed E-state index contributed by atoms with van der Waals surface area (Å²) in [6.07, 6.45) is 0. The first-order chi connectivity index (χ1) is 5.27. The van der Waals surface area contributed by atoms with Gasteiger partial charge in [-0.2, -0.15) is 0 Å². The Morgan fingerprint density at radius 3 is 2.73 bits per heavy atom. The van der Waals surface area contributed by atoms with Crippen LogP contribution >= 0.6 is 11.6 Å². The Hall–Kier alpha value is -0.505. The first kappa shape index (κ1) is 8.59. The molecule has 0 spiro atoms. The van der Waals surface area contributed by atoms with Gasteiger partial charge in [0.2, 0.25) is 0 Å². The van der Waals surface area contributed by atoms with E-state index in [1.807, 2.05) is 0 Å². The molecule has 0 aromatic heterocycles. The predicted molar refractivity (Wildman–Crippen MR) is 45.0 cm³/mol. The predicted octanol–water partition coefficient (Wildman–Crippen LogP) is 0.0691. The Morgan fingerprint density at radius 1 is 1.45 bits per heavy atom. The van der Waals surface area contributed by atoms with Gasteiger partial charge in [-0.3, -0.25) is 0 Å². The maximum atomic E-state index is 8.78. The molecular formula is C7H7BClO2. The maximum absolute atomic E-state index is 8.78. The van der Waals surface area contributed by atoms with Crippen molar-refractivity contribution in [3.8, 4) is 0 Å². The molecule has 0 aliphatic carbocycles. The second-order valence-corrected chi connectivity index (χ2v) is 2.57. The number of halogens is 1. The Balaban J connectivity index is 3.06. The molecule has 1 radical (unpaired) electrons. The molecule has 0 atom stereocenters. The summed E-state index contributed by atoms with van der Waals surface area (Å²) in [7, 11) is 0.946. The van der Waals surface area contributed by atoms with E-state index in [2.05, 4.69) is 0 Å². The highest BCUT2D eigenvalue weighted by molar-refractivity contribution is 6.46. The fourth-order valence-corrected chi connectivity index (χ4v) is 1.03. The summed E-state index contributed by atoms with van der Waals surface area (Å²) in [6, 6.07) is 4.92. The number of hydrogen-bond donors (Lipinski definition) is 2. The zero-order chi connectivity index (χ0) is 8.27. The minimum absolute atomic E-state index is 0.118. The Morgan fingerprint density at radius 2 is 2.18 bits per heavy atom. The minimum Gasteiger partial charge on any atom is -0.450 e. The molecular weight excluding hydrogens is 162 g/mol. The molecule has 0 bridgehead atoms. The van der Waals surface area contributed by atoms with Crippen molar-refractivity contribution < 1.29 is 10.1 Å². The Kier molecular flexibility index (Phi) is 2.94. The van der Waals surface area contributed by atoms with Gasteiger partial charge in [-0.1, -0.05) is 17.7 Å². The quantitative estimate of drug-likeness (QED) is 0.615. The van der Waals surface area contributed by atoms with Gasteiger partial charge in [0.1, 0.15) is 0 Å². The van der Waals surface area contributed by atoms with Gasteiger partial charge in [0.15, 0.2) is 0 Å². The molecule has 0 saturated carbocycles. The first-order valence-electron chi connectivity index (χ1n) is 3.14. The lowest BCUT2D eigenvalue weighted by Gasteiger charge is -2.02. The third-order valence-electron chi connectivity index (χ3n) is 1.41. The molecule has 1 aromatic carbocycles. The smallest absolute Gasteiger partial charge is 0.327 e. The van der Waals surface area contributed by atoms with Gasteiger partial charge in [0.25, 0.3) is 0 Å². The van der Waals surface area contributed by atoms with Gasteiger partial charge >= 0.3 is 7.48 Å². The van der Waals surface area contributed by atoms with Crippen LogP contribution in [0.1, 0.15) is 5.56 Å². The van der Waals surface area contributed by atoms with Crippen LogP contribution in [0.4, 0.5) is 0 Å². The molecule has 0 saturated heterocycles. The van der Waals surface area contributed by atoms with E-state index in [4.69, 9.17) is 21.7 Å². The minimum atomic E-state index is -0.118. The van der Waals surface area contributed by atoms with Crippen LogP contribution < -0.4 is 5.46 Å². The number of rotatable bonds is 2. The molecule has 2 nitrogen and oxygen atoms in total. The molecule has 2 N–H and O–H groups in total. The van der Waals surface area contributed by atoms with E-state index in [1.54, 1.807) is 18.2 Å². The van der Waals surface area contributed by atoms with E-state index in [0.717, 1.165) is 7.48 Å². The molecule has 4 heteroatoms. The fraction of sp³-hybridized carbons (Fsp3) is 0.143. The summed E-state index contributed by atoms with van der Waals surface area (Å²) in [5, 5.41) is 18.0. The van der Waals surface area contributed by atoms with Gasteiger partial charge in [0.05, 0.1) is 6.61 Å². The van der Waals surface area contributed by atoms with E-state index >= 15 is 0 Å². The lowest BCUT2D eigenvalue weighted by atomic mass is 9.85. The number of aliphatic hydroxyl groups is 1. The highest BCUT2D eigenvalue weighted by atomic mass is 35.5. The molecule has 0 fully saturated rings. The topological polar surface area (TPSA) is 40.5 Å². The van der Waals surface area contributed by atoms with Crippen molar-refractivity contribution in [3.63, 3.8) is 0 Å². The van der Waals surface area contributed by atoms with Crippen LogP contribution in [0.25, 0.3) is 0 Å². The van der Waals surface area contributed by atoms with Crippen molar-refractivity contribution in [1.82, 2.24) is 0 Å². The Labute approximate surface area is 70.7 Å². The van der Waals surface area contributed by atoms with Gasteiger partial charge < -0.3 is 10.1 Å². The molecule has 0 aliphatic heterocycles. The normalized spacial score (nSPS) is 9.73. The van der Waals surface area contributed by atoms with Crippen LogP contribution in [-0.4, -0.2) is 17.6 Å². The average molecular weight is 169 g/mol. The zero-order valence-electron chi connectivity index (χ0n) is 5.79. The van der Waals surface area contributed by atoms with Crippen LogP contribution in [0.5, 0.6) is 0 Å². The second-order valence-electron chi connectivity index (χ2n) is 2.13. The molecule has 0 unspecified atom stereocenters. The standard InChI is InChI=1S/C7H7BClO2/c9-6-1-2-7(8-11)5(3-6)4-10/h1-3,10-11H,4H2. The van der Waals surface area contributed by atoms with Crippen LogP contribution in [0.2, 0.25) is 5.02 Å². The zero-order valence-corrected chi connectivity index (χ0v) is 6.54. The third kappa shape index (κ3) is 1.96. The summed E-state index contributed by atoms with van der Waals surface area (Å²) >= 11 is 5.65. The Bertz CT molecular complexity index is 252. The summed E-state index contributed by atoms with van der Waals surface area (Å²) in [6.45, 7) is -0.118. The highest BCUT2D eigenvalue weighted by Gasteiger charge is 2.01. The lowest BCUT2D eigenvalue weighted by Crippen LogP contribution is -2.18. The van der Waals surface area contributed by atoms with Crippen LogP contribution in [0, 0.1) is 0 Å². The molecule has 57 valence electrons. The van der Waals surface area contributed by atoms with Crippen LogP contribution in [0.3, 0.4) is 0 Å². The lowest BCUT2D eigenvalue weighted by molar-refractivity contribution is 0.282. The van der Waals surface area contributed by atoms with Gasteiger partial charge in [-0.15, -0.1) is 0 Å². The molecule has 0 aliphatic rings. The second kappa shape index (κ2) is 3.76. The van der Waals surface area contributed by atoms with E-state index in [9.17, 15) is 0 Å². The van der Waals surface area contributed by atoms with E-state index in [1.165, 1.54) is 0 Å². The molecule has 11 heavy (non-hydrogen) atoms. The van der Waals surface area contributed by atoms with Gasteiger partial charge in [-0.25, -0.2) is 0 Å². The maximum Gasteiger partial charge on any atom is 0.327 e. The van der Waals surface area contributed by atoms with Crippen molar-refractivity contribution in [3.05, 3.63) is 28.8 Å². The number of aliphatic hydroxyl groups excluding tert-OH is 1. The van der Waals surface area contributed by atoms with E-state index in [0.29, 0.717) is 16.0 Å². The molecule has 1 aromatic rings. The fourth-order valence-electron chi connectivity index (χ4n) is 0.837. The SMILES string of the molecule is O[B]c1ccc(Cl)cc1CO. The van der Waals surface area contributed by atoms with Crippen molar-refractivity contribution >= 4 is 24.5 Å². The molecule has 0 amide bonds. The van der Waals surface area contributed by atoms with Crippen LogP contribution in [-0.2, 0) is 6.61 Å². The van der Waals surface area contributed by atoms with Crippen molar-refractivity contribution in [1.29, 1.82) is 0 Å². The third-order valence-corrected chi connectivity index (χ3v) is 1.65. The van der Waals surface area contributed by atoms with Crippen molar-refractivity contribution in [2.45, 2.75) is 6.61 Å². The van der Waals surface area contributed by atoms with Crippen molar-refractivity contribution in [2.24, 2.45) is 0 Å². The van der Waals surface area contributed by atoms with Crippen LogP contribution in [0.15, 0.2) is 18.2 Å². The summed E-state index contributed by atoms with van der Waals surface area (Å²) in [5.74, 6) is 0. The summed E-state index contributed by atoms with van der Waals surface area (Å²) < 4.78 is 0. The highest BCUT2D eigenvalue weighted by Crippen LogP contribution is 2.08. The first-order valence-corrected chi connectivity index (χ1v) is 3.52. The van der Waals surface area contributed by atoms with Gasteiger partial charge in [-0.05, 0) is 23.2 Å². The van der Waals surface area contributed by atoms with E-state index in [-0.39, 0.29) is 6.61 Å². The van der Waals surface area contributed by atoms with Crippen molar-refractivity contribution in [2.75, 3.05) is 0 Å². The largest absolute Gasteiger partial charge is 0.450 e. The summed E-state index contributed by atoms with van der Waals surface area (Å²) in [5.41, 5.74) is 1.22. The van der Waals surface area contributed by atoms with E-state index < -0.39 is 0 Å².